The summed E-state index contributed by atoms with van der Waals surface area (Å²) in [6, 6.07) is 11.5. The Morgan fingerprint density at radius 1 is 1.28 bits per heavy atom. The molecule has 0 unspecified atom stereocenters. The van der Waals surface area contributed by atoms with Gasteiger partial charge in [0.2, 0.25) is 0 Å². The summed E-state index contributed by atoms with van der Waals surface area (Å²) >= 11 is 1.62. The molecule has 0 bridgehead atoms. The maximum atomic E-state index is 11.5. The van der Waals surface area contributed by atoms with Crippen LogP contribution in [0.5, 0.6) is 5.75 Å². The quantitative estimate of drug-likeness (QED) is 0.364. The number of aliphatic carboxylic acids is 1. The minimum atomic E-state index is -0.769. The summed E-state index contributed by atoms with van der Waals surface area (Å²) in [4.78, 5) is 19.2. The summed E-state index contributed by atoms with van der Waals surface area (Å²) in [6.45, 7) is 2.27. The van der Waals surface area contributed by atoms with Crippen LogP contribution < -0.4 is 4.74 Å². The number of aromatic nitrogens is 1. The number of carboxylic acid groups (broad SMARTS) is 1. The highest BCUT2D eigenvalue weighted by Gasteiger charge is 2.31. The topological polar surface area (TPSA) is 82.9 Å². The van der Waals surface area contributed by atoms with Crippen LogP contribution in [0.25, 0.3) is 10.9 Å². The van der Waals surface area contributed by atoms with Crippen LogP contribution in [0.1, 0.15) is 42.2 Å². The highest BCUT2D eigenvalue weighted by atomic mass is 35.5. The zero-order valence-electron chi connectivity index (χ0n) is 20.1. The van der Waals surface area contributed by atoms with E-state index in [1.807, 2.05) is 41.8 Å². The minimum absolute atomic E-state index is 0. The van der Waals surface area contributed by atoms with Gasteiger partial charge in [0.05, 0.1) is 30.2 Å². The Bertz CT molecular complexity index is 1180. The Kier molecular flexibility index (Phi) is 12.0. The van der Waals surface area contributed by atoms with Gasteiger partial charge < -0.3 is 14.9 Å². The predicted molar refractivity (Wildman–Crippen MR) is 148 cm³/mol. The Labute approximate surface area is 228 Å². The van der Waals surface area contributed by atoms with Gasteiger partial charge in [-0.25, -0.2) is 0 Å². The van der Waals surface area contributed by atoms with Crippen molar-refractivity contribution in [1.29, 1.82) is 0 Å². The molecule has 9 heteroatoms. The van der Waals surface area contributed by atoms with E-state index in [-0.39, 0.29) is 43.1 Å². The van der Waals surface area contributed by atoms with Crippen LogP contribution in [-0.4, -0.2) is 52.8 Å². The number of aliphatic hydroxyl groups excluding tert-OH is 1. The molecule has 1 aliphatic rings. The number of nitrogens with zero attached hydrogens (tertiary/aromatic N) is 2. The molecule has 0 spiro atoms. The van der Waals surface area contributed by atoms with Crippen molar-refractivity contribution in [3.63, 3.8) is 0 Å². The molecule has 6 nitrogen and oxygen atoms in total. The van der Waals surface area contributed by atoms with Gasteiger partial charge in [-0.15, -0.1) is 36.2 Å². The number of methoxy groups -OCH3 is 1. The largest absolute Gasteiger partial charge is 0.497 e. The van der Waals surface area contributed by atoms with E-state index >= 15 is 0 Å². The second kappa shape index (κ2) is 14.4. The van der Waals surface area contributed by atoms with E-state index in [4.69, 9.17) is 4.74 Å². The third kappa shape index (κ3) is 7.83. The first kappa shape index (κ1) is 29.9. The molecule has 1 aliphatic heterocycles. The SMILES string of the molecule is COc1ccc2nccc([C@@H](O)CC[C@@H]3CCN(CC#Cc4cccs4)C[C@@H]3CC(=O)O)c2c1.Cl.Cl. The summed E-state index contributed by atoms with van der Waals surface area (Å²) in [5.41, 5.74) is 1.65. The fourth-order valence-electron chi connectivity index (χ4n) is 4.81. The number of likely N-dealkylation sites (tertiary alicyclic amines) is 1. The van der Waals surface area contributed by atoms with Crippen LogP contribution in [0.4, 0.5) is 0 Å². The lowest BCUT2D eigenvalue weighted by molar-refractivity contribution is -0.139. The number of rotatable bonds is 8. The highest BCUT2D eigenvalue weighted by Crippen LogP contribution is 2.34. The number of piperidine rings is 1. The molecule has 1 saturated heterocycles. The van der Waals surface area contributed by atoms with E-state index in [2.05, 4.69) is 21.7 Å². The van der Waals surface area contributed by atoms with Gasteiger partial charge in [-0.3, -0.25) is 14.7 Å². The number of carboxylic acids is 1. The summed E-state index contributed by atoms with van der Waals surface area (Å²) in [6.07, 6.45) is 3.49. The molecule has 2 N–H and O–H groups in total. The van der Waals surface area contributed by atoms with Crippen LogP contribution in [0.15, 0.2) is 48.0 Å². The van der Waals surface area contributed by atoms with Crippen molar-refractivity contribution in [3.8, 4) is 17.6 Å². The van der Waals surface area contributed by atoms with Gasteiger partial charge in [-0.1, -0.05) is 17.9 Å². The zero-order valence-corrected chi connectivity index (χ0v) is 22.6. The molecule has 2 aromatic heterocycles. The molecular weight excluding hydrogens is 519 g/mol. The number of aliphatic hydroxyl groups is 1. The van der Waals surface area contributed by atoms with E-state index in [1.54, 1.807) is 24.6 Å². The summed E-state index contributed by atoms with van der Waals surface area (Å²) in [5, 5.41) is 23.4. The number of hydrogen-bond donors (Lipinski definition) is 2. The van der Waals surface area contributed by atoms with Crippen molar-refractivity contribution in [1.82, 2.24) is 9.88 Å². The molecule has 4 rings (SSSR count). The lowest BCUT2D eigenvalue weighted by Crippen LogP contribution is -2.41. The van der Waals surface area contributed by atoms with Crippen LogP contribution in [0.2, 0.25) is 0 Å². The number of pyridine rings is 1. The Balaban J connectivity index is 0.00000228. The Morgan fingerprint density at radius 2 is 2.11 bits per heavy atom. The van der Waals surface area contributed by atoms with E-state index in [0.717, 1.165) is 53.0 Å². The predicted octanol–water partition coefficient (Wildman–Crippen LogP) is 5.43. The van der Waals surface area contributed by atoms with E-state index in [0.29, 0.717) is 13.0 Å². The first-order valence-electron chi connectivity index (χ1n) is 11.6. The monoisotopic (exact) mass is 550 g/mol. The average Bonchev–Trinajstić information content (AvgIpc) is 3.36. The van der Waals surface area contributed by atoms with E-state index < -0.39 is 12.1 Å². The molecule has 3 atom stereocenters. The van der Waals surface area contributed by atoms with Gasteiger partial charge in [0.15, 0.2) is 0 Å². The number of hydrogen-bond acceptors (Lipinski definition) is 6. The van der Waals surface area contributed by atoms with Crippen LogP contribution in [0.3, 0.4) is 0 Å². The first-order chi connectivity index (χ1) is 16.5. The molecule has 0 radical (unpaired) electrons. The van der Waals surface area contributed by atoms with Gasteiger partial charge in [0.25, 0.3) is 0 Å². The normalized spacial score (nSPS) is 18.3. The molecule has 194 valence electrons. The molecule has 3 aromatic rings. The highest BCUT2D eigenvalue weighted by molar-refractivity contribution is 7.10. The first-order valence-corrected chi connectivity index (χ1v) is 12.5. The van der Waals surface area contributed by atoms with E-state index in [1.165, 1.54) is 0 Å². The smallest absolute Gasteiger partial charge is 0.303 e. The summed E-state index contributed by atoms with van der Waals surface area (Å²) in [5.74, 6) is 6.68. The maximum Gasteiger partial charge on any atom is 0.303 e. The maximum absolute atomic E-state index is 11.5. The van der Waals surface area contributed by atoms with Crippen molar-refractivity contribution in [2.45, 2.75) is 31.8 Å². The Morgan fingerprint density at radius 3 is 2.83 bits per heavy atom. The Hall–Kier alpha value is -2.34. The number of ether oxygens (including phenoxy) is 1. The van der Waals surface area contributed by atoms with Crippen molar-refractivity contribution >= 4 is 53.0 Å². The molecule has 36 heavy (non-hydrogen) atoms. The lowest BCUT2D eigenvalue weighted by Gasteiger charge is -2.37. The molecule has 0 saturated carbocycles. The minimum Gasteiger partial charge on any atom is -0.497 e. The molecule has 0 aliphatic carbocycles. The molecule has 0 amide bonds. The van der Waals surface area contributed by atoms with Crippen molar-refractivity contribution < 1.29 is 19.7 Å². The number of carbonyl (C=O) groups is 1. The molecule has 1 fully saturated rings. The molecule has 1 aromatic carbocycles. The summed E-state index contributed by atoms with van der Waals surface area (Å²) < 4.78 is 5.34. The van der Waals surface area contributed by atoms with Gasteiger partial charge in [-0.2, -0.15) is 0 Å². The number of halogens is 2. The van der Waals surface area contributed by atoms with Crippen LogP contribution in [0, 0.1) is 23.7 Å². The van der Waals surface area contributed by atoms with Gasteiger partial charge in [0.1, 0.15) is 5.75 Å². The standard InChI is InChI=1S/C27H30N2O4S.2ClH/c1-33-21-7-8-25-24(17-21)23(10-12-28-25)26(30)9-6-19-11-14-29(18-20(19)16-27(31)32)13-2-4-22-5-3-15-34-22;;/h3,5,7-8,10,12,15,17,19-20,26,30H,6,9,11,13-14,16,18H2,1H3,(H,31,32);2*1H/t19-,20+,26+;;/m1../s1. The van der Waals surface area contributed by atoms with E-state index in [9.17, 15) is 15.0 Å². The third-order valence-electron chi connectivity index (χ3n) is 6.60. The second-order valence-electron chi connectivity index (χ2n) is 8.80. The number of fused-ring (bicyclic) bond motifs is 1. The third-order valence-corrected chi connectivity index (χ3v) is 7.39. The van der Waals surface area contributed by atoms with Crippen LogP contribution in [-0.2, 0) is 4.79 Å². The lowest BCUT2D eigenvalue weighted by atomic mass is 9.79. The van der Waals surface area contributed by atoms with Gasteiger partial charge in [0, 0.05) is 24.5 Å². The average molecular weight is 552 g/mol. The zero-order chi connectivity index (χ0) is 23.9. The van der Waals surface area contributed by atoms with Crippen molar-refractivity contribution in [3.05, 3.63) is 58.4 Å². The fourth-order valence-corrected chi connectivity index (χ4v) is 5.41. The molecule has 3 heterocycles. The molecular formula is C27H32Cl2N2O4S. The number of thiophene rings is 1. The van der Waals surface area contributed by atoms with Gasteiger partial charge in [-0.05, 0) is 78.9 Å². The van der Waals surface area contributed by atoms with Gasteiger partial charge >= 0.3 is 5.97 Å². The second-order valence-corrected chi connectivity index (χ2v) is 9.74. The summed E-state index contributed by atoms with van der Waals surface area (Å²) in [7, 11) is 1.62. The number of benzene rings is 1. The fraction of sp³-hybridized carbons (Fsp3) is 0.407. The van der Waals surface area contributed by atoms with Crippen LogP contribution >= 0.6 is 36.2 Å². The van der Waals surface area contributed by atoms with Crippen molar-refractivity contribution in [2.75, 3.05) is 26.7 Å². The van der Waals surface area contributed by atoms with Crippen molar-refractivity contribution in [2.24, 2.45) is 11.8 Å².